The number of carboxylic acid groups (broad SMARTS) is 1. The van der Waals surface area contributed by atoms with Crippen LogP contribution in [0.3, 0.4) is 0 Å². The molecule has 21 heavy (non-hydrogen) atoms. The van der Waals surface area contributed by atoms with Gasteiger partial charge in [-0.25, -0.2) is 13.2 Å². The van der Waals surface area contributed by atoms with E-state index in [1.807, 2.05) is 0 Å². The van der Waals surface area contributed by atoms with Crippen LogP contribution in [-0.4, -0.2) is 59.7 Å². The van der Waals surface area contributed by atoms with E-state index in [-0.39, 0.29) is 18.8 Å². The van der Waals surface area contributed by atoms with Gasteiger partial charge in [0.15, 0.2) is 0 Å². The highest BCUT2D eigenvalue weighted by atomic mass is 32.2. The second-order valence-electron chi connectivity index (χ2n) is 4.07. The topological polar surface area (TPSA) is 130 Å². The molecule has 0 amide bonds. The van der Waals surface area contributed by atoms with Crippen LogP contribution >= 0.6 is 0 Å². The third kappa shape index (κ3) is 3.58. The maximum atomic E-state index is 12.4. The van der Waals surface area contributed by atoms with E-state index in [0.29, 0.717) is 0 Å². The smallest absolute Gasteiger partial charge is 0.340 e. The molecule has 1 rings (SSSR count). The summed E-state index contributed by atoms with van der Waals surface area (Å²) in [5.74, 6) is -2.13. The van der Waals surface area contributed by atoms with E-state index in [4.69, 9.17) is 9.84 Å². The first-order valence-corrected chi connectivity index (χ1v) is 7.63. The summed E-state index contributed by atoms with van der Waals surface area (Å²) in [6, 6.07) is 0. The summed E-state index contributed by atoms with van der Waals surface area (Å²) in [6.07, 6.45) is 0. The summed E-state index contributed by atoms with van der Waals surface area (Å²) in [7, 11) is -4.21. The van der Waals surface area contributed by atoms with Crippen LogP contribution in [0.1, 0.15) is 29.9 Å². The molecule has 0 radical (unpaired) electrons. The molecule has 0 saturated carbocycles. The van der Waals surface area contributed by atoms with Gasteiger partial charge in [0.2, 0.25) is 5.03 Å². The Kier molecular flexibility index (Phi) is 5.44. The SMILES string of the molecule is CCOC(=O)CN(CC)S(=O)(=O)c1n[nH]c(C)c1C(=O)O. The van der Waals surface area contributed by atoms with E-state index < -0.39 is 39.1 Å². The highest BCUT2D eigenvalue weighted by molar-refractivity contribution is 7.89. The van der Waals surface area contributed by atoms with E-state index in [9.17, 15) is 18.0 Å². The predicted octanol–water partition coefficient (Wildman–Crippen LogP) is -0.00998. The monoisotopic (exact) mass is 319 g/mol. The minimum Gasteiger partial charge on any atom is -0.478 e. The Balaban J connectivity index is 3.20. The molecule has 2 N–H and O–H groups in total. The van der Waals surface area contributed by atoms with Gasteiger partial charge >= 0.3 is 11.9 Å². The molecule has 9 nitrogen and oxygen atoms in total. The van der Waals surface area contributed by atoms with Crippen LogP contribution in [0.15, 0.2) is 5.03 Å². The molecule has 0 aliphatic heterocycles. The molecule has 0 fully saturated rings. The van der Waals surface area contributed by atoms with Crippen LogP contribution in [-0.2, 0) is 19.6 Å². The summed E-state index contributed by atoms with van der Waals surface area (Å²) >= 11 is 0. The second kappa shape index (κ2) is 6.68. The highest BCUT2D eigenvalue weighted by Gasteiger charge is 2.33. The lowest BCUT2D eigenvalue weighted by Gasteiger charge is -2.18. The largest absolute Gasteiger partial charge is 0.478 e. The number of carboxylic acids is 1. The summed E-state index contributed by atoms with van der Waals surface area (Å²) in [5, 5.41) is 14.3. The van der Waals surface area contributed by atoms with Crippen molar-refractivity contribution in [3.8, 4) is 0 Å². The minimum atomic E-state index is -4.21. The molecule has 1 aromatic rings. The maximum absolute atomic E-state index is 12.4. The van der Waals surface area contributed by atoms with Gasteiger partial charge in [-0.1, -0.05) is 6.92 Å². The number of aryl methyl sites for hydroxylation is 1. The van der Waals surface area contributed by atoms with Crippen molar-refractivity contribution in [1.29, 1.82) is 0 Å². The molecule has 1 heterocycles. The number of rotatable bonds is 7. The van der Waals surface area contributed by atoms with Crippen LogP contribution in [0.25, 0.3) is 0 Å². The first-order valence-electron chi connectivity index (χ1n) is 6.19. The lowest BCUT2D eigenvalue weighted by atomic mass is 10.3. The van der Waals surface area contributed by atoms with Crippen LogP contribution in [0.4, 0.5) is 0 Å². The van der Waals surface area contributed by atoms with Gasteiger partial charge in [0.25, 0.3) is 10.0 Å². The maximum Gasteiger partial charge on any atom is 0.340 e. The third-order valence-electron chi connectivity index (χ3n) is 2.68. The van der Waals surface area contributed by atoms with Crippen LogP contribution in [0.2, 0.25) is 0 Å². The van der Waals surface area contributed by atoms with Gasteiger partial charge in [-0.05, 0) is 13.8 Å². The van der Waals surface area contributed by atoms with Gasteiger partial charge < -0.3 is 9.84 Å². The number of nitrogens with one attached hydrogen (secondary N) is 1. The van der Waals surface area contributed by atoms with Gasteiger partial charge in [-0.3, -0.25) is 9.89 Å². The van der Waals surface area contributed by atoms with Crippen molar-refractivity contribution >= 4 is 22.0 Å². The molecule has 0 bridgehead atoms. The zero-order valence-electron chi connectivity index (χ0n) is 11.9. The van der Waals surface area contributed by atoms with E-state index in [2.05, 4.69) is 10.2 Å². The number of esters is 1. The second-order valence-corrected chi connectivity index (χ2v) is 5.92. The molecular formula is C11H17N3O6S. The van der Waals surface area contributed by atoms with E-state index >= 15 is 0 Å². The average Bonchev–Trinajstić information content (AvgIpc) is 2.78. The van der Waals surface area contributed by atoms with E-state index in [1.165, 1.54) is 13.8 Å². The van der Waals surface area contributed by atoms with Crippen LogP contribution in [0, 0.1) is 6.92 Å². The van der Waals surface area contributed by atoms with Crippen molar-refractivity contribution < 1.29 is 27.9 Å². The number of hydrogen-bond donors (Lipinski definition) is 2. The first kappa shape index (κ1) is 17.1. The lowest BCUT2D eigenvalue weighted by molar-refractivity contribution is -0.143. The number of carbonyl (C=O) groups excluding carboxylic acids is 1. The molecule has 0 saturated heterocycles. The quantitative estimate of drug-likeness (QED) is 0.676. The van der Waals surface area contributed by atoms with Crippen molar-refractivity contribution in [2.45, 2.75) is 25.8 Å². The number of ether oxygens (including phenoxy) is 1. The number of carbonyl (C=O) groups is 2. The van der Waals surface area contributed by atoms with Crippen molar-refractivity contribution in [2.75, 3.05) is 19.7 Å². The highest BCUT2D eigenvalue weighted by Crippen LogP contribution is 2.20. The summed E-state index contributed by atoms with van der Waals surface area (Å²) in [4.78, 5) is 22.6. The Labute approximate surface area is 121 Å². The number of aromatic amines is 1. The fraction of sp³-hybridized carbons (Fsp3) is 0.545. The fourth-order valence-corrected chi connectivity index (χ4v) is 3.20. The summed E-state index contributed by atoms with van der Waals surface area (Å²) in [5.41, 5.74) is -0.314. The summed E-state index contributed by atoms with van der Waals surface area (Å²) in [6.45, 7) is 4.12. The van der Waals surface area contributed by atoms with Gasteiger partial charge in [0.1, 0.15) is 12.1 Å². The Hall–Kier alpha value is -1.94. The standard InChI is InChI=1S/C11H17N3O6S/c1-4-14(6-8(15)20-5-2)21(18,19)10-9(11(16)17)7(3)12-13-10/h4-6H2,1-3H3,(H,12,13)(H,16,17). The zero-order valence-corrected chi connectivity index (χ0v) is 12.7. The average molecular weight is 319 g/mol. The molecule has 118 valence electrons. The molecule has 0 atom stereocenters. The number of H-pyrrole nitrogens is 1. The summed E-state index contributed by atoms with van der Waals surface area (Å²) < 4.78 is 30.3. The van der Waals surface area contributed by atoms with Crippen LogP contribution in [0.5, 0.6) is 0 Å². The number of sulfonamides is 1. The van der Waals surface area contributed by atoms with Gasteiger partial charge in [0.05, 0.1) is 6.61 Å². The Bertz CT molecular complexity index is 636. The Morgan fingerprint density at radius 3 is 2.48 bits per heavy atom. The molecule has 0 spiro atoms. The van der Waals surface area contributed by atoms with Crippen molar-refractivity contribution in [1.82, 2.24) is 14.5 Å². The van der Waals surface area contributed by atoms with Gasteiger partial charge in [-0.2, -0.15) is 9.40 Å². The fourth-order valence-electron chi connectivity index (χ4n) is 1.69. The normalized spacial score (nSPS) is 11.6. The molecule has 10 heteroatoms. The van der Waals surface area contributed by atoms with E-state index in [0.717, 1.165) is 4.31 Å². The molecule has 0 aromatic carbocycles. The molecule has 0 aliphatic carbocycles. The predicted molar refractivity (Wildman–Crippen MR) is 71.3 cm³/mol. The third-order valence-corrected chi connectivity index (χ3v) is 4.53. The number of aromatic carboxylic acids is 1. The number of hydrogen-bond acceptors (Lipinski definition) is 6. The van der Waals surface area contributed by atoms with Gasteiger partial charge in [-0.15, -0.1) is 0 Å². The first-order chi connectivity index (χ1) is 9.75. The zero-order chi connectivity index (χ0) is 16.2. The number of aromatic nitrogens is 2. The number of nitrogens with zero attached hydrogens (tertiary/aromatic N) is 2. The van der Waals surface area contributed by atoms with Crippen molar-refractivity contribution in [3.05, 3.63) is 11.3 Å². The Morgan fingerprint density at radius 2 is 2.00 bits per heavy atom. The van der Waals surface area contributed by atoms with E-state index in [1.54, 1.807) is 6.92 Å². The molecular weight excluding hydrogens is 302 g/mol. The van der Waals surface area contributed by atoms with Crippen LogP contribution < -0.4 is 0 Å². The van der Waals surface area contributed by atoms with Gasteiger partial charge in [0, 0.05) is 12.2 Å². The molecule has 0 aliphatic rings. The molecule has 1 aromatic heterocycles. The molecule has 0 unspecified atom stereocenters. The Morgan fingerprint density at radius 1 is 1.38 bits per heavy atom. The minimum absolute atomic E-state index is 0.0217. The lowest BCUT2D eigenvalue weighted by Crippen LogP contribution is -2.37. The number of likely N-dealkylation sites (N-methyl/N-ethyl adjacent to an activating group) is 1. The van der Waals surface area contributed by atoms with Crippen molar-refractivity contribution in [3.63, 3.8) is 0 Å². The van der Waals surface area contributed by atoms with Crippen molar-refractivity contribution in [2.24, 2.45) is 0 Å².